The van der Waals surface area contributed by atoms with E-state index < -0.39 is 5.25 Å². The lowest BCUT2D eigenvalue weighted by atomic mass is 10.3. The molecule has 0 saturated carbocycles. The van der Waals surface area contributed by atoms with Crippen molar-refractivity contribution >= 4 is 35.0 Å². The number of hydrogen-bond acceptors (Lipinski definition) is 6. The van der Waals surface area contributed by atoms with E-state index in [1.165, 1.54) is 11.8 Å². The Kier molecular flexibility index (Phi) is 5.28. The molecule has 0 aliphatic carbocycles. The maximum atomic E-state index is 12.6. The average Bonchev–Trinajstić information content (AvgIpc) is 3.15. The minimum atomic E-state index is -0.405. The van der Waals surface area contributed by atoms with Crippen molar-refractivity contribution in [3.8, 4) is 5.69 Å². The molecule has 136 valence electrons. The Bertz CT molecular complexity index is 952. The predicted molar refractivity (Wildman–Crippen MR) is 101 cm³/mol. The smallest absolute Gasteiger partial charge is 0.237 e. The predicted octanol–water partition coefficient (Wildman–Crippen LogP) is 2.79. The second-order valence-corrected chi connectivity index (χ2v) is 7.52. The van der Waals surface area contributed by atoms with Crippen LogP contribution in [-0.4, -0.2) is 41.1 Å². The van der Waals surface area contributed by atoms with Gasteiger partial charge in [0.05, 0.1) is 28.0 Å². The number of carbonyl (C=O) groups excluding carboxylic acids is 1. The molecule has 2 heterocycles. The van der Waals surface area contributed by atoms with Gasteiger partial charge >= 0.3 is 0 Å². The van der Waals surface area contributed by atoms with E-state index in [9.17, 15) is 4.79 Å². The van der Waals surface area contributed by atoms with Gasteiger partial charge in [-0.05, 0) is 49.4 Å². The van der Waals surface area contributed by atoms with Crippen LogP contribution >= 0.6 is 23.4 Å². The van der Waals surface area contributed by atoms with Crippen molar-refractivity contribution in [3.05, 3.63) is 40.7 Å². The third kappa shape index (κ3) is 3.73. The first-order chi connectivity index (χ1) is 12.4. The lowest BCUT2D eigenvalue weighted by molar-refractivity contribution is -0.115. The third-order valence-corrected chi connectivity index (χ3v) is 5.17. The number of carbonyl (C=O) groups is 1. The molecule has 0 radical (unpaired) electrons. The van der Waals surface area contributed by atoms with Gasteiger partial charge in [0, 0.05) is 12.1 Å². The minimum absolute atomic E-state index is 0.144. The lowest BCUT2D eigenvalue weighted by Gasteiger charge is -2.12. The molecule has 1 atom stereocenters. The first-order valence-corrected chi connectivity index (χ1v) is 9.14. The Morgan fingerprint density at radius 3 is 2.77 bits per heavy atom. The van der Waals surface area contributed by atoms with Crippen LogP contribution in [0.5, 0.6) is 0 Å². The van der Waals surface area contributed by atoms with Gasteiger partial charge in [0.25, 0.3) is 0 Å². The van der Waals surface area contributed by atoms with Crippen LogP contribution in [0, 0.1) is 13.8 Å². The van der Waals surface area contributed by atoms with Gasteiger partial charge in [0.2, 0.25) is 11.1 Å². The van der Waals surface area contributed by atoms with E-state index in [0.717, 1.165) is 22.8 Å². The zero-order chi connectivity index (χ0) is 18.8. The fourth-order valence-electron chi connectivity index (χ4n) is 2.41. The Morgan fingerprint density at radius 2 is 2.12 bits per heavy atom. The van der Waals surface area contributed by atoms with E-state index in [-0.39, 0.29) is 5.91 Å². The first-order valence-electron chi connectivity index (χ1n) is 7.89. The van der Waals surface area contributed by atoms with Crippen molar-refractivity contribution in [2.24, 2.45) is 7.05 Å². The number of rotatable bonds is 5. The average molecular weight is 392 g/mol. The summed E-state index contributed by atoms with van der Waals surface area (Å²) in [7, 11) is 1.84. The molecule has 1 aromatic carbocycles. The highest BCUT2D eigenvalue weighted by Crippen LogP contribution is 2.26. The highest BCUT2D eigenvalue weighted by atomic mass is 35.5. The van der Waals surface area contributed by atoms with Gasteiger partial charge in [0.15, 0.2) is 0 Å². The molecule has 2 aromatic heterocycles. The Balaban J connectivity index is 1.75. The van der Waals surface area contributed by atoms with Gasteiger partial charge in [-0.2, -0.15) is 9.78 Å². The Hall–Kier alpha value is -2.39. The standard InChI is InChI=1S/C16H18ClN7OS/c1-9-14(10(2)23(4)20-9)18-15(25)11(3)26-16-19-21-22-24(16)13-7-5-6-12(17)8-13/h5-8,11H,1-4H3,(H,18,25). The quantitative estimate of drug-likeness (QED) is 0.672. The molecule has 10 heteroatoms. The Morgan fingerprint density at radius 1 is 1.35 bits per heavy atom. The number of aryl methyl sites for hydroxylation is 2. The third-order valence-electron chi connectivity index (χ3n) is 3.90. The van der Waals surface area contributed by atoms with Crippen molar-refractivity contribution in [1.82, 2.24) is 30.0 Å². The fourth-order valence-corrected chi connectivity index (χ4v) is 3.41. The zero-order valence-electron chi connectivity index (χ0n) is 14.8. The first kappa shape index (κ1) is 18.4. The minimum Gasteiger partial charge on any atom is -0.322 e. The molecule has 0 aliphatic heterocycles. The van der Waals surface area contributed by atoms with E-state index in [2.05, 4.69) is 25.9 Å². The van der Waals surface area contributed by atoms with E-state index in [0.29, 0.717) is 10.2 Å². The summed E-state index contributed by atoms with van der Waals surface area (Å²) in [4.78, 5) is 12.6. The number of halogens is 1. The van der Waals surface area contributed by atoms with Crippen LogP contribution in [0.25, 0.3) is 5.69 Å². The highest BCUT2D eigenvalue weighted by molar-refractivity contribution is 8.00. The second kappa shape index (κ2) is 7.46. The van der Waals surface area contributed by atoms with Gasteiger partial charge in [-0.15, -0.1) is 5.10 Å². The number of thioether (sulfide) groups is 1. The summed E-state index contributed by atoms with van der Waals surface area (Å²) < 4.78 is 3.29. The Labute approximate surface area is 159 Å². The molecule has 0 aliphatic rings. The highest BCUT2D eigenvalue weighted by Gasteiger charge is 2.21. The van der Waals surface area contributed by atoms with E-state index in [1.54, 1.807) is 28.4 Å². The number of anilines is 1. The zero-order valence-corrected chi connectivity index (χ0v) is 16.3. The van der Waals surface area contributed by atoms with Crippen molar-refractivity contribution in [2.75, 3.05) is 5.32 Å². The number of benzene rings is 1. The monoisotopic (exact) mass is 391 g/mol. The van der Waals surface area contributed by atoms with Crippen molar-refractivity contribution in [1.29, 1.82) is 0 Å². The van der Waals surface area contributed by atoms with E-state index >= 15 is 0 Å². The fraction of sp³-hybridized carbons (Fsp3) is 0.312. The van der Waals surface area contributed by atoms with Crippen LogP contribution in [0.3, 0.4) is 0 Å². The summed E-state index contributed by atoms with van der Waals surface area (Å²) in [6.07, 6.45) is 0. The largest absolute Gasteiger partial charge is 0.322 e. The van der Waals surface area contributed by atoms with Gasteiger partial charge < -0.3 is 5.32 Å². The van der Waals surface area contributed by atoms with Crippen molar-refractivity contribution in [3.63, 3.8) is 0 Å². The molecular weight excluding hydrogens is 374 g/mol. The second-order valence-electron chi connectivity index (χ2n) is 5.77. The number of hydrogen-bond donors (Lipinski definition) is 1. The summed E-state index contributed by atoms with van der Waals surface area (Å²) in [6, 6.07) is 7.20. The number of nitrogens with zero attached hydrogens (tertiary/aromatic N) is 6. The number of amides is 1. The molecule has 8 nitrogen and oxygen atoms in total. The summed E-state index contributed by atoms with van der Waals surface area (Å²) in [5, 5.41) is 19.6. The molecule has 3 aromatic rings. The maximum absolute atomic E-state index is 12.6. The molecule has 1 amide bonds. The van der Waals surface area contributed by atoms with Crippen molar-refractivity contribution < 1.29 is 4.79 Å². The summed E-state index contributed by atoms with van der Waals surface area (Å²) in [6.45, 7) is 5.57. The van der Waals surface area contributed by atoms with Crippen molar-refractivity contribution in [2.45, 2.75) is 31.2 Å². The molecular formula is C16H18ClN7OS. The summed E-state index contributed by atoms with van der Waals surface area (Å²) in [5.41, 5.74) is 3.15. The van der Waals surface area contributed by atoms with Gasteiger partial charge in [-0.1, -0.05) is 29.4 Å². The normalized spacial score (nSPS) is 12.2. The molecule has 0 saturated heterocycles. The molecule has 3 rings (SSSR count). The van der Waals surface area contributed by atoms with Crippen LogP contribution in [0.2, 0.25) is 5.02 Å². The molecule has 1 unspecified atom stereocenters. The van der Waals surface area contributed by atoms with E-state index in [4.69, 9.17) is 11.6 Å². The van der Waals surface area contributed by atoms with Gasteiger partial charge in [-0.3, -0.25) is 9.48 Å². The van der Waals surface area contributed by atoms with E-state index in [1.807, 2.05) is 33.0 Å². The number of tetrazole rings is 1. The van der Waals surface area contributed by atoms with Crippen LogP contribution in [0.1, 0.15) is 18.3 Å². The van der Waals surface area contributed by atoms with Gasteiger partial charge in [0.1, 0.15) is 0 Å². The van der Waals surface area contributed by atoms with Gasteiger partial charge in [-0.25, -0.2) is 0 Å². The summed E-state index contributed by atoms with van der Waals surface area (Å²) in [5.74, 6) is -0.144. The molecule has 0 spiro atoms. The lowest BCUT2D eigenvalue weighted by Crippen LogP contribution is -2.23. The topological polar surface area (TPSA) is 90.5 Å². The molecule has 0 fully saturated rings. The van der Waals surface area contributed by atoms with Crippen LogP contribution in [0.15, 0.2) is 29.4 Å². The van der Waals surface area contributed by atoms with Crippen LogP contribution in [0.4, 0.5) is 5.69 Å². The number of aromatic nitrogens is 6. The molecule has 26 heavy (non-hydrogen) atoms. The maximum Gasteiger partial charge on any atom is 0.237 e. The van der Waals surface area contributed by atoms with Crippen LogP contribution in [-0.2, 0) is 11.8 Å². The SMILES string of the molecule is Cc1nn(C)c(C)c1NC(=O)C(C)Sc1nnnn1-c1cccc(Cl)c1. The number of nitrogens with one attached hydrogen (secondary N) is 1. The van der Waals surface area contributed by atoms with Crippen LogP contribution < -0.4 is 5.32 Å². The molecule has 0 bridgehead atoms. The molecule has 1 N–H and O–H groups in total. The summed E-state index contributed by atoms with van der Waals surface area (Å²) >= 11 is 7.30.